The van der Waals surface area contributed by atoms with Crippen LogP contribution in [0.25, 0.3) is 17.5 Å². The van der Waals surface area contributed by atoms with Gasteiger partial charge in [0.2, 0.25) is 0 Å². The van der Waals surface area contributed by atoms with E-state index in [2.05, 4.69) is 30.3 Å². The molecular weight excluding hydrogens is 863 g/mol. The van der Waals surface area contributed by atoms with Crippen LogP contribution in [0, 0.1) is 17.6 Å². The molecule has 4 aromatic rings. The van der Waals surface area contributed by atoms with E-state index in [0.29, 0.717) is 74.4 Å². The number of allylic oxidation sites excluding steroid dienone is 4. The Bertz CT molecular complexity index is 2790. The maximum absolute atomic E-state index is 15.7. The van der Waals surface area contributed by atoms with Gasteiger partial charge in [0.25, 0.3) is 21.5 Å². The highest BCUT2D eigenvalue weighted by atomic mass is 32.2. The van der Waals surface area contributed by atoms with Crippen molar-refractivity contribution in [3.63, 3.8) is 0 Å². The Morgan fingerprint density at radius 2 is 1.74 bits per heavy atom. The second-order valence-corrected chi connectivity index (χ2v) is 18.5. The Hall–Kier alpha value is -6.34. The lowest BCUT2D eigenvalue weighted by molar-refractivity contribution is -0.152. The minimum absolute atomic E-state index is 0.0313. The Balaban J connectivity index is 0.983. The van der Waals surface area contributed by atoms with Gasteiger partial charge >= 0.3 is 11.7 Å². The largest absolute Gasteiger partial charge is 0.461 e. The molecule has 1 amide bonds. The van der Waals surface area contributed by atoms with Gasteiger partial charge < -0.3 is 20.1 Å². The summed E-state index contributed by atoms with van der Waals surface area (Å²) >= 11 is 0. The van der Waals surface area contributed by atoms with Gasteiger partial charge in [-0.15, -0.1) is 0 Å². The molecule has 4 aliphatic rings. The highest BCUT2D eigenvalue weighted by molar-refractivity contribution is 7.96. The molecule has 0 spiro atoms. The Morgan fingerprint density at radius 1 is 0.985 bits per heavy atom. The van der Waals surface area contributed by atoms with Gasteiger partial charge in [-0.05, 0) is 92.5 Å². The predicted molar refractivity (Wildman–Crippen MR) is 237 cm³/mol. The highest BCUT2D eigenvalue weighted by Gasteiger charge is 2.31. The summed E-state index contributed by atoms with van der Waals surface area (Å²) in [4.78, 5) is 67.5. The molecule has 342 valence electrons. The SMILES string of the molecule is CC1CC(c2cnc(C3CCOCC3)nc2)=CC=C1S(=O)(=O)Nc1cc(F)c(C(=O)N[C@@H](Cc2ccc(-n3c(=O)c4c(n(C)c3=O)CCNC=C4)nc2)C(=O)OC2CCCCC2)cc1F. The van der Waals surface area contributed by atoms with Crippen molar-refractivity contribution >= 4 is 39.2 Å². The zero-order chi connectivity index (χ0) is 45.8. The van der Waals surface area contributed by atoms with Gasteiger partial charge in [0, 0.05) is 81.5 Å². The summed E-state index contributed by atoms with van der Waals surface area (Å²) in [5, 5.41) is 5.53. The first-order valence-electron chi connectivity index (χ1n) is 21.8. The van der Waals surface area contributed by atoms with E-state index < -0.39 is 74.1 Å². The second-order valence-electron chi connectivity index (χ2n) is 16.8. The molecule has 2 aliphatic heterocycles. The maximum atomic E-state index is 15.7. The van der Waals surface area contributed by atoms with E-state index in [1.54, 1.807) is 44.7 Å². The molecule has 3 N–H and O–H groups in total. The van der Waals surface area contributed by atoms with E-state index in [0.717, 1.165) is 53.6 Å². The van der Waals surface area contributed by atoms with Gasteiger partial charge in [0.15, 0.2) is 0 Å². The number of esters is 1. The fourth-order valence-electron chi connectivity index (χ4n) is 8.72. The minimum Gasteiger partial charge on any atom is -0.461 e. The summed E-state index contributed by atoms with van der Waals surface area (Å²) in [6.07, 6.45) is 16.9. The van der Waals surface area contributed by atoms with Crippen molar-refractivity contribution in [3.05, 3.63) is 132 Å². The Labute approximate surface area is 373 Å². The van der Waals surface area contributed by atoms with E-state index in [4.69, 9.17) is 9.47 Å². The average molecular weight is 913 g/mol. The quantitative estimate of drug-likeness (QED) is 0.161. The van der Waals surface area contributed by atoms with E-state index >= 15 is 8.78 Å². The first kappa shape index (κ1) is 45.2. The van der Waals surface area contributed by atoms with Crippen LogP contribution in [0.15, 0.2) is 75.7 Å². The molecule has 8 rings (SSSR count). The fourth-order valence-corrected chi connectivity index (χ4v) is 10.1. The summed E-state index contributed by atoms with van der Waals surface area (Å²) in [7, 11) is -2.82. The third-order valence-corrected chi connectivity index (χ3v) is 14.0. The molecule has 1 unspecified atom stereocenters. The van der Waals surface area contributed by atoms with Crippen LogP contribution in [-0.2, 0) is 44.2 Å². The molecule has 19 heteroatoms. The highest BCUT2D eigenvalue weighted by Crippen LogP contribution is 2.35. The summed E-state index contributed by atoms with van der Waals surface area (Å²) < 4.78 is 74.3. The van der Waals surface area contributed by atoms with Gasteiger partial charge in [0.05, 0.1) is 21.7 Å². The molecule has 2 fully saturated rings. The standard InChI is InChI=1S/C46H50F2N8O8S/c1-27-20-30(31-25-51-42(52-26-31)29-14-18-63-19-15-29)9-10-40(27)65(61,62)54-37-23-35(47)34(22-36(37)48)43(57)53-38(45(59)64-32-6-4-3-5-7-32)21-28-8-11-41(50-24-28)56-44(58)33-12-16-49-17-13-39(33)55(2)46(56)60/h8-12,16,22-27,29,32,38,49,54H,3-7,13-15,17-21H2,1-2H3,(H,53,57)/t27?,38-/m0/s1. The lowest BCUT2D eigenvalue weighted by Crippen LogP contribution is -2.45. The summed E-state index contributed by atoms with van der Waals surface area (Å²) in [5.74, 6) is -3.99. The van der Waals surface area contributed by atoms with Gasteiger partial charge in [-0.2, -0.15) is 0 Å². The normalized spacial score (nSPS) is 18.6. The third kappa shape index (κ3) is 10.00. The van der Waals surface area contributed by atoms with Crippen molar-refractivity contribution in [1.82, 2.24) is 34.7 Å². The van der Waals surface area contributed by atoms with Crippen LogP contribution in [0.1, 0.15) is 103 Å². The molecular formula is C46H50F2N8O8S. The molecule has 65 heavy (non-hydrogen) atoms. The molecule has 2 aliphatic carbocycles. The minimum atomic E-state index is -4.39. The summed E-state index contributed by atoms with van der Waals surface area (Å²) in [6.45, 7) is 3.57. The lowest BCUT2D eigenvalue weighted by atomic mass is 9.92. The number of ether oxygens (including phenoxy) is 2. The smallest absolute Gasteiger partial charge is 0.336 e. The van der Waals surface area contributed by atoms with Crippen molar-refractivity contribution in [2.45, 2.75) is 89.2 Å². The van der Waals surface area contributed by atoms with Gasteiger partial charge in [0.1, 0.15) is 35.4 Å². The third-order valence-electron chi connectivity index (χ3n) is 12.4. The van der Waals surface area contributed by atoms with Crippen molar-refractivity contribution < 1.29 is 36.3 Å². The molecule has 1 saturated heterocycles. The zero-order valence-corrected chi connectivity index (χ0v) is 36.8. The molecule has 0 radical (unpaired) electrons. The molecule has 1 aromatic carbocycles. The van der Waals surface area contributed by atoms with Crippen LogP contribution in [0.5, 0.6) is 0 Å². The molecule has 5 heterocycles. The second kappa shape index (κ2) is 19.4. The van der Waals surface area contributed by atoms with E-state index in [1.165, 1.54) is 29.0 Å². The van der Waals surface area contributed by atoms with Crippen molar-refractivity contribution in [2.24, 2.45) is 13.0 Å². The van der Waals surface area contributed by atoms with E-state index in [9.17, 15) is 27.6 Å². The Morgan fingerprint density at radius 3 is 2.45 bits per heavy atom. The van der Waals surface area contributed by atoms with Crippen LogP contribution in [-0.4, -0.2) is 76.3 Å². The van der Waals surface area contributed by atoms with E-state index in [-0.39, 0.29) is 23.1 Å². The zero-order valence-electron chi connectivity index (χ0n) is 36.0. The molecule has 2 atom stereocenters. The topological polar surface area (TPSA) is 205 Å². The van der Waals surface area contributed by atoms with Gasteiger partial charge in [-0.1, -0.05) is 25.5 Å². The number of nitrogens with zero attached hydrogens (tertiary/aromatic N) is 5. The first-order chi connectivity index (χ1) is 31.3. The lowest BCUT2D eigenvalue weighted by Gasteiger charge is -2.25. The molecule has 3 aromatic heterocycles. The number of carbonyl (C=O) groups excluding carboxylic acids is 2. The van der Waals surface area contributed by atoms with E-state index in [1.807, 2.05) is 0 Å². The maximum Gasteiger partial charge on any atom is 0.336 e. The fraction of sp³-hybridized carbons (Fsp3) is 0.413. The molecule has 0 bridgehead atoms. The number of sulfonamides is 1. The monoisotopic (exact) mass is 912 g/mol. The number of anilines is 1. The van der Waals surface area contributed by atoms with Gasteiger partial charge in [-0.25, -0.2) is 46.3 Å². The predicted octanol–water partition coefficient (Wildman–Crippen LogP) is 4.98. The number of rotatable bonds is 12. The number of hydrogen-bond donors (Lipinski definition) is 3. The van der Waals surface area contributed by atoms with Crippen LogP contribution in [0.3, 0.4) is 0 Å². The van der Waals surface area contributed by atoms with Crippen LogP contribution in [0.4, 0.5) is 14.5 Å². The molecule has 1 saturated carbocycles. The van der Waals surface area contributed by atoms with Crippen molar-refractivity contribution in [2.75, 3.05) is 24.5 Å². The number of aromatic nitrogens is 5. The average Bonchev–Trinajstić information content (AvgIpc) is 3.57. The van der Waals surface area contributed by atoms with Crippen molar-refractivity contribution in [1.29, 1.82) is 0 Å². The number of benzene rings is 1. The number of carbonyl (C=O) groups is 2. The first-order valence-corrected chi connectivity index (χ1v) is 23.3. The van der Waals surface area contributed by atoms with Crippen LogP contribution in [0.2, 0.25) is 0 Å². The van der Waals surface area contributed by atoms with Crippen molar-refractivity contribution in [3.8, 4) is 5.82 Å². The van der Waals surface area contributed by atoms with Crippen LogP contribution >= 0.6 is 0 Å². The number of hydrogen-bond acceptors (Lipinski definition) is 12. The van der Waals surface area contributed by atoms with Crippen LogP contribution < -0.4 is 26.6 Å². The van der Waals surface area contributed by atoms with Gasteiger partial charge in [-0.3, -0.25) is 18.9 Å². The summed E-state index contributed by atoms with van der Waals surface area (Å²) in [6, 6.07) is 2.71. The number of nitrogens with one attached hydrogen (secondary N) is 3. The number of pyridine rings is 1. The molecule has 16 nitrogen and oxygen atoms in total. The number of amides is 1. The number of halogens is 2. The Kier molecular flexibility index (Phi) is 13.5. The number of fused-ring (bicyclic) bond motifs is 1. The summed E-state index contributed by atoms with van der Waals surface area (Å²) in [5.41, 5.74) is 0.236.